The minimum Gasteiger partial charge on any atom is -0.481 e. The maximum absolute atomic E-state index is 11.7. The molecule has 0 aromatic heterocycles. The van der Waals surface area contributed by atoms with Gasteiger partial charge in [-0.05, 0) is 24.1 Å². The maximum Gasteiger partial charge on any atom is 0.303 e. The van der Waals surface area contributed by atoms with E-state index in [1.807, 2.05) is 0 Å². The molecule has 1 aromatic rings. The Morgan fingerprint density at radius 3 is 2.41 bits per heavy atom. The Bertz CT molecular complexity index is 545. The summed E-state index contributed by atoms with van der Waals surface area (Å²) in [6.07, 6.45) is -1.15. The van der Waals surface area contributed by atoms with Crippen molar-refractivity contribution in [2.75, 3.05) is 6.54 Å². The number of nitrogens with one attached hydrogen (secondary N) is 1. The number of aliphatic hydroxyl groups is 1. The quantitative estimate of drug-likeness (QED) is 0.297. The molecule has 0 aliphatic rings. The lowest BCUT2D eigenvalue weighted by Gasteiger charge is -2.18. The highest BCUT2D eigenvalue weighted by molar-refractivity contribution is 5.82. The predicted molar refractivity (Wildman–Crippen MR) is 75.9 cm³/mol. The van der Waals surface area contributed by atoms with Crippen molar-refractivity contribution in [3.63, 3.8) is 0 Å². The van der Waals surface area contributed by atoms with E-state index in [1.165, 1.54) is 24.3 Å². The molecule has 0 saturated heterocycles. The largest absolute Gasteiger partial charge is 0.481 e. The first-order valence-electron chi connectivity index (χ1n) is 6.50. The molecule has 1 amide bonds. The van der Waals surface area contributed by atoms with E-state index < -0.39 is 28.9 Å². The first-order valence-corrected chi connectivity index (χ1v) is 6.50. The number of aliphatic hydroxyl groups excluding tert-OH is 1. The standard InChI is InChI=1S/C13H17N3O6/c14-11(13(20)15-7-1-2-10(17)18)12(19)8-3-5-9(6-4-8)16(21)22/h3-6,11-12,19H,1-2,7,14H2,(H,15,20)(H,17,18)/t11-,12+/m1/s1. The van der Waals surface area contributed by atoms with Gasteiger partial charge in [0, 0.05) is 25.1 Å². The van der Waals surface area contributed by atoms with Crippen molar-refractivity contribution in [3.05, 3.63) is 39.9 Å². The summed E-state index contributed by atoms with van der Waals surface area (Å²) < 4.78 is 0. The lowest BCUT2D eigenvalue weighted by atomic mass is 10.0. The number of carbonyl (C=O) groups is 2. The second-order valence-corrected chi connectivity index (χ2v) is 4.61. The summed E-state index contributed by atoms with van der Waals surface area (Å²) in [5.41, 5.74) is 5.76. The smallest absolute Gasteiger partial charge is 0.303 e. The number of hydrogen-bond acceptors (Lipinski definition) is 6. The van der Waals surface area contributed by atoms with Crippen LogP contribution >= 0.6 is 0 Å². The fraction of sp³-hybridized carbons (Fsp3) is 0.385. The van der Waals surface area contributed by atoms with Crippen LogP contribution in [0.4, 0.5) is 5.69 Å². The molecule has 0 saturated carbocycles. The average Bonchev–Trinajstić information content (AvgIpc) is 2.49. The number of non-ortho nitro benzene ring substituents is 1. The van der Waals surface area contributed by atoms with Crippen molar-refractivity contribution in [1.82, 2.24) is 5.32 Å². The highest BCUT2D eigenvalue weighted by Gasteiger charge is 2.24. The Balaban J connectivity index is 2.56. The third kappa shape index (κ3) is 5.11. The van der Waals surface area contributed by atoms with Crippen LogP contribution in [-0.2, 0) is 9.59 Å². The van der Waals surface area contributed by atoms with Crippen LogP contribution in [0, 0.1) is 10.1 Å². The Morgan fingerprint density at radius 1 is 1.32 bits per heavy atom. The summed E-state index contributed by atoms with van der Waals surface area (Å²) in [6, 6.07) is 3.79. The molecule has 0 aliphatic carbocycles. The molecule has 0 heterocycles. The normalized spacial score (nSPS) is 13.2. The number of nitro groups is 1. The number of nitro benzene ring substituents is 1. The van der Waals surface area contributed by atoms with Crippen LogP contribution in [0.3, 0.4) is 0 Å². The van der Waals surface area contributed by atoms with Crippen LogP contribution in [-0.4, -0.2) is 39.6 Å². The maximum atomic E-state index is 11.7. The van der Waals surface area contributed by atoms with Gasteiger partial charge < -0.3 is 21.3 Å². The third-order valence-electron chi connectivity index (χ3n) is 2.95. The molecule has 1 aromatic carbocycles. The van der Waals surface area contributed by atoms with Crippen LogP contribution in [0.15, 0.2) is 24.3 Å². The molecule has 1 rings (SSSR count). The van der Waals surface area contributed by atoms with Crippen molar-refractivity contribution >= 4 is 17.6 Å². The molecular formula is C13H17N3O6. The average molecular weight is 311 g/mol. The molecule has 0 spiro atoms. The van der Waals surface area contributed by atoms with Crippen molar-refractivity contribution in [3.8, 4) is 0 Å². The minimum absolute atomic E-state index is 0.0829. The Kier molecular flexibility index (Phi) is 6.42. The van der Waals surface area contributed by atoms with Gasteiger partial charge in [0.25, 0.3) is 5.69 Å². The zero-order valence-corrected chi connectivity index (χ0v) is 11.6. The van der Waals surface area contributed by atoms with E-state index in [2.05, 4.69) is 5.32 Å². The van der Waals surface area contributed by atoms with Gasteiger partial charge in [-0.1, -0.05) is 0 Å². The topological polar surface area (TPSA) is 156 Å². The molecule has 0 bridgehead atoms. The number of amides is 1. The summed E-state index contributed by atoms with van der Waals surface area (Å²) in [5.74, 6) is -1.60. The van der Waals surface area contributed by atoms with Gasteiger partial charge in [-0.2, -0.15) is 0 Å². The lowest BCUT2D eigenvalue weighted by molar-refractivity contribution is -0.384. The number of carbonyl (C=O) groups excluding carboxylic acids is 1. The Hall–Kier alpha value is -2.52. The highest BCUT2D eigenvalue weighted by atomic mass is 16.6. The molecule has 0 unspecified atom stereocenters. The zero-order valence-electron chi connectivity index (χ0n) is 11.6. The van der Waals surface area contributed by atoms with Gasteiger partial charge >= 0.3 is 5.97 Å². The number of nitrogens with zero attached hydrogens (tertiary/aromatic N) is 1. The third-order valence-corrected chi connectivity index (χ3v) is 2.95. The van der Waals surface area contributed by atoms with Gasteiger partial charge in [0.15, 0.2) is 0 Å². The number of carboxylic acid groups (broad SMARTS) is 1. The van der Waals surface area contributed by atoms with E-state index in [9.17, 15) is 24.8 Å². The number of aliphatic carboxylic acids is 1. The Morgan fingerprint density at radius 2 is 1.91 bits per heavy atom. The van der Waals surface area contributed by atoms with Crippen molar-refractivity contribution in [1.29, 1.82) is 0 Å². The van der Waals surface area contributed by atoms with Gasteiger partial charge in [0.2, 0.25) is 5.91 Å². The lowest BCUT2D eigenvalue weighted by Crippen LogP contribution is -2.44. The molecule has 5 N–H and O–H groups in total. The van der Waals surface area contributed by atoms with Crippen LogP contribution in [0.5, 0.6) is 0 Å². The fourth-order valence-corrected chi connectivity index (χ4v) is 1.71. The fourth-order valence-electron chi connectivity index (χ4n) is 1.71. The second kappa shape index (κ2) is 8.05. The van der Waals surface area contributed by atoms with E-state index >= 15 is 0 Å². The van der Waals surface area contributed by atoms with Gasteiger partial charge in [-0.15, -0.1) is 0 Å². The van der Waals surface area contributed by atoms with Crippen molar-refractivity contribution in [2.24, 2.45) is 5.73 Å². The molecule has 9 heteroatoms. The SMILES string of the molecule is N[C@@H](C(=O)NCCCC(=O)O)[C@@H](O)c1ccc([N+](=O)[O-])cc1. The predicted octanol–water partition coefficient (Wildman–Crippen LogP) is -0.0635. The molecule has 0 radical (unpaired) electrons. The molecule has 0 aliphatic heterocycles. The van der Waals surface area contributed by atoms with Crippen LogP contribution in [0.1, 0.15) is 24.5 Å². The monoisotopic (exact) mass is 311 g/mol. The summed E-state index contributed by atoms with van der Waals surface area (Å²) in [6.45, 7) is 0.131. The molecule has 9 nitrogen and oxygen atoms in total. The Labute approximate surface area is 125 Å². The minimum atomic E-state index is -1.32. The van der Waals surface area contributed by atoms with Crippen LogP contribution < -0.4 is 11.1 Å². The van der Waals surface area contributed by atoms with E-state index in [0.29, 0.717) is 0 Å². The first-order chi connectivity index (χ1) is 10.3. The summed E-state index contributed by atoms with van der Waals surface area (Å²) in [5, 5.41) is 31.4. The van der Waals surface area contributed by atoms with E-state index in [1.54, 1.807) is 0 Å². The number of benzene rings is 1. The first kappa shape index (κ1) is 17.5. The van der Waals surface area contributed by atoms with Crippen molar-refractivity contribution in [2.45, 2.75) is 25.0 Å². The molecule has 22 heavy (non-hydrogen) atoms. The molecule has 0 fully saturated rings. The van der Waals surface area contributed by atoms with Gasteiger partial charge in [0.05, 0.1) is 4.92 Å². The zero-order chi connectivity index (χ0) is 16.7. The van der Waals surface area contributed by atoms with Crippen LogP contribution in [0.2, 0.25) is 0 Å². The number of nitrogens with two attached hydrogens (primary N) is 1. The molecular weight excluding hydrogens is 294 g/mol. The second-order valence-electron chi connectivity index (χ2n) is 4.61. The van der Waals surface area contributed by atoms with Crippen molar-refractivity contribution < 1.29 is 24.7 Å². The summed E-state index contributed by atoms with van der Waals surface area (Å²) in [4.78, 5) is 32.0. The molecule has 2 atom stereocenters. The van der Waals surface area contributed by atoms with Crippen LogP contribution in [0.25, 0.3) is 0 Å². The summed E-state index contributed by atoms with van der Waals surface area (Å²) >= 11 is 0. The van der Waals surface area contributed by atoms with Gasteiger partial charge in [-0.3, -0.25) is 19.7 Å². The highest BCUT2D eigenvalue weighted by Crippen LogP contribution is 2.19. The number of rotatable bonds is 8. The van der Waals surface area contributed by atoms with E-state index in [4.69, 9.17) is 10.8 Å². The van der Waals surface area contributed by atoms with E-state index in [0.717, 1.165) is 0 Å². The summed E-state index contributed by atoms with van der Waals surface area (Å²) in [7, 11) is 0. The number of carboxylic acids is 1. The van der Waals surface area contributed by atoms with Gasteiger partial charge in [0.1, 0.15) is 12.1 Å². The number of hydrogen-bond donors (Lipinski definition) is 4. The van der Waals surface area contributed by atoms with Gasteiger partial charge in [-0.25, -0.2) is 0 Å². The van der Waals surface area contributed by atoms with E-state index in [-0.39, 0.29) is 30.6 Å². The molecule has 120 valence electrons.